The van der Waals surface area contributed by atoms with Crippen LogP contribution in [0.25, 0.3) is 0 Å². The van der Waals surface area contributed by atoms with Crippen molar-refractivity contribution in [1.82, 2.24) is 9.80 Å². The largest absolute Gasteiger partial charge is 0.495 e. The van der Waals surface area contributed by atoms with Crippen LogP contribution in [0.5, 0.6) is 11.5 Å². The SMILES string of the molecule is COc1cc(OC)c(NC(=O)N2CCC(CN3CCc4ccccc4C3)CC2)cc1Cl. The van der Waals surface area contributed by atoms with Gasteiger partial charge in [0.2, 0.25) is 0 Å². The number of anilines is 1. The summed E-state index contributed by atoms with van der Waals surface area (Å²) in [5, 5.41) is 3.37. The monoisotopic (exact) mass is 443 g/mol. The zero-order chi connectivity index (χ0) is 21.8. The van der Waals surface area contributed by atoms with Crippen LogP contribution in [0, 0.1) is 5.92 Å². The highest BCUT2D eigenvalue weighted by molar-refractivity contribution is 6.32. The van der Waals surface area contributed by atoms with Gasteiger partial charge in [0.25, 0.3) is 0 Å². The number of nitrogens with one attached hydrogen (secondary N) is 1. The van der Waals surface area contributed by atoms with Crippen LogP contribution in [0.15, 0.2) is 36.4 Å². The number of rotatable bonds is 5. The maximum Gasteiger partial charge on any atom is 0.321 e. The molecule has 0 radical (unpaired) electrons. The first-order valence-electron chi connectivity index (χ1n) is 10.8. The van der Waals surface area contributed by atoms with Crippen molar-refractivity contribution in [1.29, 1.82) is 0 Å². The van der Waals surface area contributed by atoms with E-state index in [1.165, 1.54) is 11.1 Å². The van der Waals surface area contributed by atoms with Gasteiger partial charge >= 0.3 is 6.03 Å². The molecule has 2 amide bonds. The minimum Gasteiger partial charge on any atom is -0.495 e. The summed E-state index contributed by atoms with van der Waals surface area (Å²) in [7, 11) is 3.11. The maximum atomic E-state index is 12.8. The molecule has 31 heavy (non-hydrogen) atoms. The lowest BCUT2D eigenvalue weighted by atomic mass is 9.94. The van der Waals surface area contributed by atoms with Crippen LogP contribution in [-0.2, 0) is 13.0 Å². The molecule has 2 aromatic rings. The number of ether oxygens (including phenoxy) is 2. The number of likely N-dealkylation sites (tertiary alicyclic amines) is 1. The Hall–Kier alpha value is -2.44. The molecule has 1 fully saturated rings. The third-order valence-corrected chi connectivity index (χ3v) is 6.64. The average molecular weight is 444 g/mol. The second-order valence-electron chi connectivity index (χ2n) is 8.30. The number of fused-ring (bicyclic) bond motifs is 1. The van der Waals surface area contributed by atoms with Gasteiger partial charge in [0.05, 0.1) is 24.9 Å². The number of carbonyl (C=O) groups is 1. The molecule has 0 unspecified atom stereocenters. The summed E-state index contributed by atoms with van der Waals surface area (Å²) in [6, 6.07) is 12.0. The van der Waals surface area contributed by atoms with Gasteiger partial charge in [-0.05, 0) is 42.4 Å². The number of piperidine rings is 1. The summed E-state index contributed by atoms with van der Waals surface area (Å²) < 4.78 is 10.6. The van der Waals surface area contributed by atoms with Crippen molar-refractivity contribution in [3.63, 3.8) is 0 Å². The average Bonchev–Trinajstić information content (AvgIpc) is 2.79. The van der Waals surface area contributed by atoms with Gasteiger partial charge in [-0.15, -0.1) is 0 Å². The fraction of sp³-hybridized carbons (Fsp3) is 0.458. The molecule has 166 valence electrons. The van der Waals surface area contributed by atoms with Crippen molar-refractivity contribution in [2.24, 2.45) is 5.92 Å². The van der Waals surface area contributed by atoms with Crippen molar-refractivity contribution in [3.05, 3.63) is 52.5 Å². The molecule has 0 aromatic heterocycles. The zero-order valence-corrected chi connectivity index (χ0v) is 19.0. The van der Waals surface area contributed by atoms with Crippen molar-refractivity contribution >= 4 is 23.3 Å². The summed E-state index contributed by atoms with van der Waals surface area (Å²) in [4.78, 5) is 17.2. The Kier molecular flexibility index (Phi) is 6.88. The first-order chi connectivity index (χ1) is 15.1. The molecule has 6 nitrogen and oxygen atoms in total. The molecular weight excluding hydrogens is 414 g/mol. The summed E-state index contributed by atoms with van der Waals surface area (Å²) in [5.74, 6) is 1.66. The molecule has 2 aliphatic rings. The van der Waals surface area contributed by atoms with E-state index < -0.39 is 0 Å². The van der Waals surface area contributed by atoms with E-state index in [1.807, 2.05) is 4.90 Å². The van der Waals surface area contributed by atoms with Gasteiger partial charge in [-0.3, -0.25) is 4.90 Å². The van der Waals surface area contributed by atoms with E-state index in [1.54, 1.807) is 26.4 Å². The van der Waals surface area contributed by atoms with Crippen molar-refractivity contribution in [2.75, 3.05) is 45.7 Å². The minimum absolute atomic E-state index is 0.120. The molecule has 1 N–H and O–H groups in total. The number of amides is 2. The molecule has 2 aliphatic heterocycles. The normalized spacial score (nSPS) is 17.2. The molecule has 7 heteroatoms. The van der Waals surface area contributed by atoms with Crippen LogP contribution in [0.2, 0.25) is 5.02 Å². The topological polar surface area (TPSA) is 54.0 Å². The highest BCUT2D eigenvalue weighted by Crippen LogP contribution is 2.36. The van der Waals surface area contributed by atoms with Crippen LogP contribution in [0.1, 0.15) is 24.0 Å². The number of carbonyl (C=O) groups excluding carboxylic acids is 1. The molecule has 2 aromatic carbocycles. The Bertz CT molecular complexity index is 928. The van der Waals surface area contributed by atoms with Crippen LogP contribution in [0.3, 0.4) is 0 Å². The van der Waals surface area contributed by atoms with Gasteiger partial charge in [-0.2, -0.15) is 0 Å². The molecule has 0 spiro atoms. The molecule has 0 aliphatic carbocycles. The van der Waals surface area contributed by atoms with Gasteiger partial charge in [0.1, 0.15) is 11.5 Å². The minimum atomic E-state index is -0.120. The second-order valence-corrected chi connectivity index (χ2v) is 8.71. The van der Waals surface area contributed by atoms with Crippen molar-refractivity contribution < 1.29 is 14.3 Å². The standard InChI is InChI=1S/C24H30ClN3O3/c1-30-22-14-23(31-2)21(13-20(22)25)26-24(29)28-11-7-17(8-12-28)15-27-10-9-18-5-3-4-6-19(18)16-27/h3-6,13-14,17H,7-12,15-16H2,1-2H3,(H,26,29). The van der Waals surface area contributed by atoms with Gasteiger partial charge in [-0.1, -0.05) is 35.9 Å². The van der Waals surface area contributed by atoms with E-state index in [2.05, 4.69) is 34.5 Å². The Morgan fingerprint density at radius 2 is 1.77 bits per heavy atom. The number of urea groups is 1. The fourth-order valence-corrected chi connectivity index (χ4v) is 4.79. The first-order valence-corrected chi connectivity index (χ1v) is 11.2. The van der Waals surface area contributed by atoms with Gasteiger partial charge in [-0.25, -0.2) is 4.79 Å². The van der Waals surface area contributed by atoms with Crippen molar-refractivity contribution in [2.45, 2.75) is 25.8 Å². The Morgan fingerprint density at radius 1 is 1.06 bits per heavy atom. The Balaban J connectivity index is 1.29. The number of halogens is 1. The highest BCUT2D eigenvalue weighted by Gasteiger charge is 2.26. The lowest BCUT2D eigenvalue weighted by molar-refractivity contribution is 0.147. The van der Waals surface area contributed by atoms with Gasteiger partial charge in [0, 0.05) is 38.8 Å². The molecule has 0 saturated carbocycles. The summed E-state index contributed by atoms with van der Waals surface area (Å²) >= 11 is 6.22. The predicted molar refractivity (Wildman–Crippen MR) is 123 cm³/mol. The number of methoxy groups -OCH3 is 2. The smallest absolute Gasteiger partial charge is 0.321 e. The second kappa shape index (κ2) is 9.79. The molecule has 1 saturated heterocycles. The zero-order valence-electron chi connectivity index (χ0n) is 18.2. The van der Waals surface area contributed by atoms with Crippen molar-refractivity contribution in [3.8, 4) is 11.5 Å². The number of hydrogen-bond acceptors (Lipinski definition) is 4. The molecular formula is C24H30ClN3O3. The van der Waals surface area contributed by atoms with E-state index in [-0.39, 0.29) is 6.03 Å². The van der Waals surface area contributed by atoms with Gasteiger partial charge < -0.3 is 19.7 Å². The van der Waals surface area contributed by atoms with E-state index >= 15 is 0 Å². The Labute approximate surface area is 189 Å². The van der Waals surface area contributed by atoms with Crippen LogP contribution in [0.4, 0.5) is 10.5 Å². The van der Waals surface area contributed by atoms with Gasteiger partial charge in [0.15, 0.2) is 0 Å². The molecule has 4 rings (SSSR count). The van der Waals surface area contributed by atoms with Crippen LogP contribution in [-0.4, -0.2) is 56.2 Å². The fourth-order valence-electron chi connectivity index (χ4n) is 4.55. The Morgan fingerprint density at radius 3 is 2.48 bits per heavy atom. The number of hydrogen-bond donors (Lipinski definition) is 1. The maximum absolute atomic E-state index is 12.8. The summed E-state index contributed by atoms with van der Waals surface area (Å²) in [5.41, 5.74) is 3.49. The number of nitrogens with zero attached hydrogens (tertiary/aromatic N) is 2. The van der Waals surface area contributed by atoms with Crippen LogP contribution < -0.4 is 14.8 Å². The third kappa shape index (κ3) is 5.08. The quantitative estimate of drug-likeness (QED) is 0.730. The van der Waals surface area contributed by atoms with Crippen LogP contribution >= 0.6 is 11.6 Å². The lowest BCUT2D eigenvalue weighted by Crippen LogP contribution is -2.44. The summed E-state index contributed by atoms with van der Waals surface area (Å²) in [6.45, 7) is 4.77. The lowest BCUT2D eigenvalue weighted by Gasteiger charge is -2.36. The first kappa shape index (κ1) is 21.8. The predicted octanol–water partition coefficient (Wildman–Crippen LogP) is 4.66. The number of benzene rings is 2. The molecule has 2 heterocycles. The highest BCUT2D eigenvalue weighted by atomic mass is 35.5. The molecule has 0 bridgehead atoms. The van der Waals surface area contributed by atoms with E-state index in [0.717, 1.165) is 52.0 Å². The summed E-state index contributed by atoms with van der Waals surface area (Å²) in [6.07, 6.45) is 3.17. The van der Waals surface area contributed by atoms with E-state index in [9.17, 15) is 4.79 Å². The van der Waals surface area contributed by atoms with E-state index in [4.69, 9.17) is 21.1 Å². The molecule has 0 atom stereocenters. The third-order valence-electron chi connectivity index (χ3n) is 6.34. The van der Waals surface area contributed by atoms with E-state index in [0.29, 0.717) is 28.1 Å².